The molecule has 2 aromatic carbocycles. The van der Waals surface area contributed by atoms with E-state index >= 15 is 0 Å². The van der Waals surface area contributed by atoms with Crippen LogP contribution in [0.4, 0.5) is 15.8 Å². The van der Waals surface area contributed by atoms with Crippen molar-refractivity contribution in [2.75, 3.05) is 11.1 Å². The van der Waals surface area contributed by atoms with Crippen molar-refractivity contribution in [1.82, 2.24) is 0 Å². The van der Waals surface area contributed by atoms with Gasteiger partial charge in [-0.1, -0.05) is 6.07 Å². The highest BCUT2D eigenvalue weighted by Crippen LogP contribution is 2.23. The Kier molecular flexibility index (Phi) is 5.11. The van der Waals surface area contributed by atoms with Crippen molar-refractivity contribution >= 4 is 29.0 Å². The number of halogens is 1. The zero-order valence-electron chi connectivity index (χ0n) is 11.7. The van der Waals surface area contributed by atoms with Gasteiger partial charge in [0.15, 0.2) is 0 Å². The highest BCUT2D eigenvalue weighted by atomic mass is 32.2. The average molecular weight is 320 g/mol. The SMILES string of the molecule is Cc1ccc(NC(=O)CSc2ccc(F)cc2)cc1[N+](=O)[O-]. The van der Waals surface area contributed by atoms with Gasteiger partial charge in [-0.15, -0.1) is 11.8 Å². The van der Waals surface area contributed by atoms with E-state index in [1.807, 2.05) is 0 Å². The van der Waals surface area contributed by atoms with Gasteiger partial charge in [0.1, 0.15) is 5.82 Å². The summed E-state index contributed by atoms with van der Waals surface area (Å²) in [6, 6.07) is 10.3. The summed E-state index contributed by atoms with van der Waals surface area (Å²) in [5.41, 5.74) is 0.870. The number of amides is 1. The first-order valence-corrected chi connectivity index (χ1v) is 7.37. The van der Waals surface area contributed by atoms with Crippen LogP contribution in [0.2, 0.25) is 0 Å². The summed E-state index contributed by atoms with van der Waals surface area (Å²) in [6.07, 6.45) is 0. The van der Waals surface area contributed by atoms with E-state index in [9.17, 15) is 19.3 Å². The maximum absolute atomic E-state index is 12.8. The summed E-state index contributed by atoms with van der Waals surface area (Å²) in [5, 5.41) is 13.5. The zero-order valence-corrected chi connectivity index (χ0v) is 12.5. The molecule has 0 unspecified atom stereocenters. The third-order valence-electron chi connectivity index (χ3n) is 2.87. The van der Waals surface area contributed by atoms with Gasteiger partial charge in [-0.05, 0) is 37.3 Å². The Bertz CT molecular complexity index is 704. The number of nitrogens with one attached hydrogen (secondary N) is 1. The summed E-state index contributed by atoms with van der Waals surface area (Å²) in [6.45, 7) is 1.63. The molecule has 5 nitrogen and oxygen atoms in total. The molecule has 0 aliphatic heterocycles. The number of hydrogen-bond donors (Lipinski definition) is 1. The van der Waals surface area contributed by atoms with E-state index in [0.29, 0.717) is 11.3 Å². The molecule has 0 atom stereocenters. The molecule has 0 radical (unpaired) electrons. The molecule has 0 aliphatic rings. The van der Waals surface area contributed by atoms with Crippen LogP contribution in [-0.2, 0) is 4.79 Å². The monoisotopic (exact) mass is 320 g/mol. The molecular formula is C15H13FN2O3S. The quantitative estimate of drug-likeness (QED) is 0.517. The Morgan fingerprint density at radius 2 is 1.95 bits per heavy atom. The Morgan fingerprint density at radius 3 is 2.59 bits per heavy atom. The molecule has 7 heteroatoms. The second kappa shape index (κ2) is 7.04. The van der Waals surface area contributed by atoms with E-state index < -0.39 is 4.92 Å². The lowest BCUT2D eigenvalue weighted by atomic mass is 10.2. The molecule has 0 saturated carbocycles. The molecule has 0 saturated heterocycles. The fourth-order valence-corrected chi connectivity index (χ4v) is 2.46. The fraction of sp³-hybridized carbons (Fsp3) is 0.133. The van der Waals surface area contributed by atoms with Gasteiger partial charge in [0.2, 0.25) is 5.91 Å². The topological polar surface area (TPSA) is 72.2 Å². The summed E-state index contributed by atoms with van der Waals surface area (Å²) in [4.78, 5) is 23.0. The first-order valence-electron chi connectivity index (χ1n) is 6.39. The number of anilines is 1. The lowest BCUT2D eigenvalue weighted by molar-refractivity contribution is -0.385. The van der Waals surface area contributed by atoms with Crippen molar-refractivity contribution < 1.29 is 14.1 Å². The van der Waals surface area contributed by atoms with E-state index in [-0.39, 0.29) is 23.2 Å². The second-order valence-corrected chi connectivity index (χ2v) is 5.60. The first-order chi connectivity index (χ1) is 10.5. The molecule has 0 bridgehead atoms. The van der Waals surface area contributed by atoms with Crippen LogP contribution in [0.1, 0.15) is 5.56 Å². The Labute approximate surface area is 130 Å². The standard InChI is InChI=1S/C15H13FN2O3S/c1-10-2-5-12(8-14(10)18(20)21)17-15(19)9-22-13-6-3-11(16)4-7-13/h2-8H,9H2,1H3,(H,17,19). The lowest BCUT2D eigenvalue weighted by Crippen LogP contribution is -2.14. The van der Waals surface area contributed by atoms with E-state index in [2.05, 4.69) is 5.32 Å². The van der Waals surface area contributed by atoms with Crippen LogP contribution >= 0.6 is 11.8 Å². The molecule has 2 rings (SSSR count). The first kappa shape index (κ1) is 16.0. The number of carbonyl (C=O) groups is 1. The van der Waals surface area contributed by atoms with Gasteiger partial charge in [0, 0.05) is 22.2 Å². The predicted molar refractivity (Wildman–Crippen MR) is 83.6 cm³/mol. The third kappa shape index (κ3) is 4.29. The van der Waals surface area contributed by atoms with Crippen LogP contribution in [0.5, 0.6) is 0 Å². The maximum Gasteiger partial charge on any atom is 0.274 e. The number of hydrogen-bond acceptors (Lipinski definition) is 4. The molecule has 0 aromatic heterocycles. The molecule has 0 heterocycles. The number of aryl methyl sites for hydroxylation is 1. The highest BCUT2D eigenvalue weighted by molar-refractivity contribution is 8.00. The molecule has 22 heavy (non-hydrogen) atoms. The van der Waals surface area contributed by atoms with Gasteiger partial charge < -0.3 is 5.32 Å². The second-order valence-electron chi connectivity index (χ2n) is 4.55. The normalized spacial score (nSPS) is 10.3. The predicted octanol–water partition coefficient (Wildman–Crippen LogP) is 3.77. The summed E-state index contributed by atoms with van der Waals surface area (Å²) < 4.78 is 12.8. The fourth-order valence-electron chi connectivity index (χ4n) is 1.76. The molecule has 114 valence electrons. The smallest absolute Gasteiger partial charge is 0.274 e. The van der Waals surface area contributed by atoms with Crippen LogP contribution in [0.15, 0.2) is 47.4 Å². The Morgan fingerprint density at radius 1 is 1.27 bits per heavy atom. The molecule has 1 N–H and O–H groups in total. The number of carbonyl (C=O) groups excluding carboxylic acids is 1. The van der Waals surface area contributed by atoms with Crippen molar-refractivity contribution in [3.63, 3.8) is 0 Å². The maximum atomic E-state index is 12.8. The van der Waals surface area contributed by atoms with Gasteiger partial charge in [-0.25, -0.2) is 4.39 Å². The van der Waals surface area contributed by atoms with Crippen molar-refractivity contribution in [3.8, 4) is 0 Å². The molecule has 2 aromatic rings. The van der Waals surface area contributed by atoms with E-state index in [1.54, 1.807) is 31.2 Å². The molecule has 0 aliphatic carbocycles. The lowest BCUT2D eigenvalue weighted by Gasteiger charge is -2.06. The summed E-state index contributed by atoms with van der Waals surface area (Å²) in [7, 11) is 0. The Balaban J connectivity index is 1.96. The van der Waals surface area contributed by atoms with Crippen molar-refractivity contribution in [2.24, 2.45) is 0 Å². The van der Waals surface area contributed by atoms with E-state index in [4.69, 9.17) is 0 Å². The van der Waals surface area contributed by atoms with Crippen LogP contribution in [0.25, 0.3) is 0 Å². The molecular weight excluding hydrogens is 307 g/mol. The number of nitro groups is 1. The van der Waals surface area contributed by atoms with Gasteiger partial charge in [0.05, 0.1) is 10.7 Å². The molecule has 0 spiro atoms. The zero-order chi connectivity index (χ0) is 16.1. The number of nitrogens with zero attached hydrogens (tertiary/aromatic N) is 1. The van der Waals surface area contributed by atoms with E-state index in [1.165, 1.54) is 30.0 Å². The number of nitro benzene ring substituents is 1. The van der Waals surface area contributed by atoms with Crippen molar-refractivity contribution in [1.29, 1.82) is 0 Å². The molecule has 0 fully saturated rings. The largest absolute Gasteiger partial charge is 0.325 e. The summed E-state index contributed by atoms with van der Waals surface area (Å²) >= 11 is 1.26. The van der Waals surface area contributed by atoms with E-state index in [0.717, 1.165) is 4.90 Å². The minimum Gasteiger partial charge on any atom is -0.325 e. The third-order valence-corrected chi connectivity index (χ3v) is 3.89. The van der Waals surface area contributed by atoms with Gasteiger partial charge in [0.25, 0.3) is 5.69 Å². The number of benzene rings is 2. The highest BCUT2D eigenvalue weighted by Gasteiger charge is 2.12. The van der Waals surface area contributed by atoms with Crippen LogP contribution in [0, 0.1) is 22.9 Å². The average Bonchev–Trinajstić information content (AvgIpc) is 2.48. The number of thioether (sulfide) groups is 1. The minimum absolute atomic E-state index is 0.0380. The molecule has 1 amide bonds. The van der Waals surface area contributed by atoms with Crippen LogP contribution < -0.4 is 5.32 Å². The van der Waals surface area contributed by atoms with Gasteiger partial charge >= 0.3 is 0 Å². The summed E-state index contributed by atoms with van der Waals surface area (Å²) in [5.74, 6) is -0.485. The van der Waals surface area contributed by atoms with Crippen LogP contribution in [-0.4, -0.2) is 16.6 Å². The number of rotatable bonds is 5. The van der Waals surface area contributed by atoms with Gasteiger partial charge in [-0.2, -0.15) is 0 Å². The Hall–Kier alpha value is -2.41. The minimum atomic E-state index is -0.488. The van der Waals surface area contributed by atoms with Gasteiger partial charge in [-0.3, -0.25) is 14.9 Å². The van der Waals surface area contributed by atoms with Crippen molar-refractivity contribution in [2.45, 2.75) is 11.8 Å². The van der Waals surface area contributed by atoms with Crippen LogP contribution in [0.3, 0.4) is 0 Å². The van der Waals surface area contributed by atoms with Crippen molar-refractivity contribution in [3.05, 3.63) is 64.0 Å².